The number of anilines is 1. The molecule has 0 unspecified atom stereocenters. The van der Waals surface area contributed by atoms with Crippen molar-refractivity contribution in [1.82, 2.24) is 14.9 Å². The van der Waals surface area contributed by atoms with Gasteiger partial charge in [-0.1, -0.05) is 0 Å². The fraction of sp³-hybridized carbons (Fsp3) is 0.400. The first-order chi connectivity index (χ1) is 13.3. The van der Waals surface area contributed by atoms with Crippen LogP contribution in [0.15, 0.2) is 42.7 Å². The zero-order valence-electron chi connectivity index (χ0n) is 16.2. The van der Waals surface area contributed by atoms with Gasteiger partial charge in [-0.2, -0.15) is 0 Å². The summed E-state index contributed by atoms with van der Waals surface area (Å²) in [5.41, 5.74) is 0.105. The number of nitrogens with zero attached hydrogens (tertiary/aromatic N) is 3. The largest absolute Gasteiger partial charge is 0.444 e. The zero-order valence-corrected chi connectivity index (χ0v) is 16.2. The SMILES string of the molecule is CC(C)(C)OC(=O)N1CC[C@@H](C(=O)Nc2ccc(Oc3ncccn3)cc2)C1. The van der Waals surface area contributed by atoms with E-state index in [2.05, 4.69) is 15.3 Å². The second-order valence-corrected chi connectivity index (χ2v) is 7.56. The summed E-state index contributed by atoms with van der Waals surface area (Å²) in [5.74, 6) is 0.188. The fourth-order valence-corrected chi connectivity index (χ4v) is 2.76. The number of amides is 2. The standard InChI is InChI=1S/C20H24N4O4/c1-20(2,3)28-19(26)24-12-9-14(13-24)17(25)23-15-5-7-16(8-6-15)27-18-21-10-4-11-22-18/h4-8,10-11,14H,9,12-13H2,1-3H3,(H,23,25)/t14-/m1/s1. The molecule has 0 saturated carbocycles. The maximum atomic E-state index is 12.5. The number of hydrogen-bond acceptors (Lipinski definition) is 6. The lowest BCUT2D eigenvalue weighted by molar-refractivity contribution is -0.119. The van der Waals surface area contributed by atoms with Crippen molar-refractivity contribution in [3.05, 3.63) is 42.7 Å². The molecule has 1 aliphatic heterocycles. The molecule has 8 nitrogen and oxygen atoms in total. The van der Waals surface area contributed by atoms with Gasteiger partial charge in [0.25, 0.3) is 0 Å². The first-order valence-corrected chi connectivity index (χ1v) is 9.14. The molecule has 8 heteroatoms. The van der Waals surface area contributed by atoms with Crippen LogP contribution in [0.1, 0.15) is 27.2 Å². The minimum Gasteiger partial charge on any atom is -0.444 e. The van der Waals surface area contributed by atoms with E-state index in [9.17, 15) is 9.59 Å². The summed E-state index contributed by atoms with van der Waals surface area (Å²) in [5, 5.41) is 2.88. The van der Waals surface area contributed by atoms with Gasteiger partial charge in [-0.3, -0.25) is 4.79 Å². The Morgan fingerprint density at radius 3 is 2.46 bits per heavy atom. The van der Waals surface area contributed by atoms with Crippen LogP contribution in [0.2, 0.25) is 0 Å². The van der Waals surface area contributed by atoms with Crippen LogP contribution in [0.25, 0.3) is 0 Å². The van der Waals surface area contributed by atoms with E-state index in [0.29, 0.717) is 30.9 Å². The summed E-state index contributed by atoms with van der Waals surface area (Å²) in [7, 11) is 0. The lowest BCUT2D eigenvalue weighted by Crippen LogP contribution is -2.36. The molecule has 28 heavy (non-hydrogen) atoms. The molecule has 3 rings (SSSR count). The number of hydrogen-bond donors (Lipinski definition) is 1. The van der Waals surface area contributed by atoms with Gasteiger partial charge < -0.3 is 19.7 Å². The Bertz CT molecular complexity index is 818. The molecule has 1 fully saturated rings. The van der Waals surface area contributed by atoms with Crippen LogP contribution in [0, 0.1) is 5.92 Å². The molecule has 1 aromatic heterocycles. The molecule has 0 radical (unpaired) electrons. The number of rotatable bonds is 4. The summed E-state index contributed by atoms with van der Waals surface area (Å²) in [4.78, 5) is 34.2. The van der Waals surface area contributed by atoms with Crippen LogP contribution >= 0.6 is 0 Å². The van der Waals surface area contributed by atoms with Gasteiger partial charge in [0.1, 0.15) is 11.4 Å². The van der Waals surface area contributed by atoms with E-state index >= 15 is 0 Å². The van der Waals surface area contributed by atoms with Crippen molar-refractivity contribution in [1.29, 1.82) is 0 Å². The molecule has 1 aromatic carbocycles. The zero-order chi connectivity index (χ0) is 20.1. The molecule has 2 amide bonds. The summed E-state index contributed by atoms with van der Waals surface area (Å²) >= 11 is 0. The lowest BCUT2D eigenvalue weighted by Gasteiger charge is -2.24. The summed E-state index contributed by atoms with van der Waals surface area (Å²) in [6, 6.07) is 8.92. The van der Waals surface area contributed by atoms with E-state index in [1.54, 1.807) is 47.6 Å². The number of likely N-dealkylation sites (tertiary alicyclic amines) is 1. The van der Waals surface area contributed by atoms with Gasteiger partial charge in [-0.25, -0.2) is 14.8 Å². The number of carbonyl (C=O) groups is 2. The predicted octanol–water partition coefficient (Wildman–Crippen LogP) is 3.46. The Kier molecular flexibility index (Phi) is 5.77. The van der Waals surface area contributed by atoms with Crippen molar-refractivity contribution in [2.75, 3.05) is 18.4 Å². The number of aromatic nitrogens is 2. The Morgan fingerprint density at radius 1 is 1.14 bits per heavy atom. The quantitative estimate of drug-likeness (QED) is 0.868. The van der Waals surface area contributed by atoms with Crippen molar-refractivity contribution in [2.45, 2.75) is 32.8 Å². The van der Waals surface area contributed by atoms with E-state index in [0.717, 1.165) is 0 Å². The summed E-state index contributed by atoms with van der Waals surface area (Å²) < 4.78 is 10.9. The average Bonchev–Trinajstić information content (AvgIpc) is 3.13. The van der Waals surface area contributed by atoms with Crippen molar-refractivity contribution >= 4 is 17.7 Å². The van der Waals surface area contributed by atoms with Gasteiger partial charge in [0, 0.05) is 31.2 Å². The highest BCUT2D eigenvalue weighted by molar-refractivity contribution is 5.93. The minimum atomic E-state index is -0.550. The number of ether oxygens (including phenoxy) is 2. The molecule has 148 valence electrons. The Hall–Kier alpha value is -3.16. The molecule has 1 N–H and O–H groups in total. The summed E-state index contributed by atoms with van der Waals surface area (Å²) in [6.07, 6.45) is 3.42. The lowest BCUT2D eigenvalue weighted by atomic mass is 10.1. The van der Waals surface area contributed by atoms with E-state index in [1.165, 1.54) is 0 Å². The van der Waals surface area contributed by atoms with Gasteiger partial charge in [0.05, 0.1) is 5.92 Å². The topological polar surface area (TPSA) is 93.7 Å². The van der Waals surface area contributed by atoms with Crippen LogP contribution in [0.4, 0.5) is 10.5 Å². The van der Waals surface area contributed by atoms with E-state index in [1.807, 2.05) is 20.8 Å². The monoisotopic (exact) mass is 384 g/mol. The molecule has 0 bridgehead atoms. The first kappa shape index (κ1) is 19.6. The highest BCUT2D eigenvalue weighted by Gasteiger charge is 2.33. The molecule has 1 saturated heterocycles. The van der Waals surface area contributed by atoms with E-state index in [-0.39, 0.29) is 23.9 Å². The van der Waals surface area contributed by atoms with Crippen molar-refractivity contribution in [3.8, 4) is 11.8 Å². The molecular formula is C20H24N4O4. The second kappa shape index (κ2) is 8.24. The molecule has 1 atom stereocenters. The first-order valence-electron chi connectivity index (χ1n) is 9.14. The predicted molar refractivity (Wildman–Crippen MR) is 103 cm³/mol. The summed E-state index contributed by atoms with van der Waals surface area (Å²) in [6.45, 7) is 6.33. The molecule has 2 aromatic rings. The van der Waals surface area contributed by atoms with Crippen LogP contribution in [0.5, 0.6) is 11.8 Å². The normalized spacial score (nSPS) is 16.5. The van der Waals surface area contributed by atoms with Crippen LogP contribution in [-0.2, 0) is 9.53 Å². The van der Waals surface area contributed by atoms with Gasteiger partial charge in [0.2, 0.25) is 5.91 Å². The van der Waals surface area contributed by atoms with Gasteiger partial charge in [-0.15, -0.1) is 0 Å². The van der Waals surface area contributed by atoms with Gasteiger partial charge in [0.15, 0.2) is 0 Å². The molecule has 0 aliphatic carbocycles. The maximum Gasteiger partial charge on any atom is 0.410 e. The highest BCUT2D eigenvalue weighted by atomic mass is 16.6. The van der Waals surface area contributed by atoms with Gasteiger partial charge >= 0.3 is 12.1 Å². The third-order valence-electron chi connectivity index (χ3n) is 4.08. The third-order valence-corrected chi connectivity index (χ3v) is 4.08. The Labute approximate surface area is 163 Å². The molecule has 1 aliphatic rings. The smallest absolute Gasteiger partial charge is 0.410 e. The Balaban J connectivity index is 1.51. The van der Waals surface area contributed by atoms with Crippen LogP contribution in [0.3, 0.4) is 0 Å². The van der Waals surface area contributed by atoms with Gasteiger partial charge in [-0.05, 0) is 57.5 Å². The van der Waals surface area contributed by atoms with Crippen molar-refractivity contribution in [2.24, 2.45) is 5.92 Å². The minimum absolute atomic E-state index is 0.119. The number of benzene rings is 1. The Morgan fingerprint density at radius 2 is 1.82 bits per heavy atom. The molecule has 0 spiro atoms. The average molecular weight is 384 g/mol. The number of carbonyl (C=O) groups excluding carboxylic acids is 2. The number of nitrogens with one attached hydrogen (secondary N) is 1. The van der Waals surface area contributed by atoms with Crippen molar-refractivity contribution in [3.63, 3.8) is 0 Å². The second-order valence-electron chi connectivity index (χ2n) is 7.56. The van der Waals surface area contributed by atoms with E-state index < -0.39 is 5.60 Å². The third kappa shape index (κ3) is 5.42. The van der Waals surface area contributed by atoms with Crippen molar-refractivity contribution < 1.29 is 19.1 Å². The fourth-order valence-electron chi connectivity index (χ4n) is 2.76. The van der Waals surface area contributed by atoms with Crippen LogP contribution in [-0.4, -0.2) is 45.6 Å². The van der Waals surface area contributed by atoms with E-state index in [4.69, 9.17) is 9.47 Å². The highest BCUT2D eigenvalue weighted by Crippen LogP contribution is 2.23. The maximum absolute atomic E-state index is 12.5. The molecular weight excluding hydrogens is 360 g/mol. The molecule has 2 heterocycles. The van der Waals surface area contributed by atoms with Crippen LogP contribution < -0.4 is 10.1 Å².